The van der Waals surface area contributed by atoms with E-state index >= 15 is 0 Å². The Bertz CT molecular complexity index is 410. The highest BCUT2D eigenvalue weighted by Crippen LogP contribution is 2.21. The van der Waals surface area contributed by atoms with Gasteiger partial charge >= 0.3 is 0 Å². The molecule has 0 saturated carbocycles. The number of nitrogens with zero attached hydrogens (tertiary/aromatic N) is 1. The molecule has 100 valence electrons. The Kier molecular flexibility index (Phi) is 5.55. The Hall–Kier alpha value is -1.65. The van der Waals surface area contributed by atoms with Crippen LogP contribution in [-0.2, 0) is 0 Å². The molecule has 1 aromatic rings. The topological polar surface area (TPSA) is 55.2 Å². The monoisotopic (exact) mass is 254 g/mol. The summed E-state index contributed by atoms with van der Waals surface area (Å²) >= 11 is 0. The van der Waals surface area contributed by atoms with Crippen molar-refractivity contribution >= 4 is 11.4 Å². The van der Waals surface area contributed by atoms with E-state index in [1.165, 1.54) is 12.1 Å². The van der Waals surface area contributed by atoms with Gasteiger partial charge in [0.15, 0.2) is 0 Å². The van der Waals surface area contributed by atoms with Crippen molar-refractivity contribution < 1.29 is 9.31 Å². The summed E-state index contributed by atoms with van der Waals surface area (Å²) in [6, 6.07) is 3.74. The molecule has 0 radical (unpaired) electrons. The summed E-state index contributed by atoms with van der Waals surface area (Å²) in [4.78, 5) is 10.0. The van der Waals surface area contributed by atoms with Gasteiger partial charge in [-0.15, -0.1) is 0 Å². The number of benzene rings is 1. The predicted molar refractivity (Wildman–Crippen MR) is 70.3 cm³/mol. The van der Waals surface area contributed by atoms with E-state index in [4.69, 9.17) is 0 Å². The van der Waals surface area contributed by atoms with Crippen LogP contribution in [0.5, 0.6) is 0 Å². The lowest BCUT2D eigenvalue weighted by Crippen LogP contribution is -2.15. The minimum Gasteiger partial charge on any atom is -0.382 e. The van der Waals surface area contributed by atoms with Crippen molar-refractivity contribution in [2.45, 2.75) is 45.6 Å². The molecule has 1 unspecified atom stereocenters. The van der Waals surface area contributed by atoms with Crippen molar-refractivity contribution in [3.8, 4) is 0 Å². The molecule has 0 aliphatic carbocycles. The fraction of sp³-hybridized carbons (Fsp3) is 0.538. The molecule has 1 atom stereocenters. The van der Waals surface area contributed by atoms with E-state index in [9.17, 15) is 14.5 Å². The first-order chi connectivity index (χ1) is 8.52. The van der Waals surface area contributed by atoms with Crippen LogP contribution in [0.3, 0.4) is 0 Å². The lowest BCUT2D eigenvalue weighted by molar-refractivity contribution is -0.385. The van der Waals surface area contributed by atoms with E-state index in [1.54, 1.807) is 0 Å². The van der Waals surface area contributed by atoms with Gasteiger partial charge in [-0.1, -0.05) is 26.2 Å². The van der Waals surface area contributed by atoms with Gasteiger partial charge in [0.25, 0.3) is 5.69 Å². The maximum atomic E-state index is 13.2. The molecule has 1 aromatic carbocycles. The van der Waals surface area contributed by atoms with Crippen LogP contribution in [-0.4, -0.2) is 11.0 Å². The minimum absolute atomic E-state index is 0.179. The summed E-state index contributed by atoms with van der Waals surface area (Å²) in [6.07, 6.45) is 4.38. The number of nitro benzene ring substituents is 1. The molecule has 18 heavy (non-hydrogen) atoms. The van der Waals surface area contributed by atoms with Gasteiger partial charge in [0.1, 0.15) is 5.82 Å². The van der Waals surface area contributed by atoms with E-state index < -0.39 is 10.7 Å². The lowest BCUT2D eigenvalue weighted by Gasteiger charge is -2.14. The van der Waals surface area contributed by atoms with Crippen molar-refractivity contribution in [1.29, 1.82) is 0 Å². The van der Waals surface area contributed by atoms with E-state index in [2.05, 4.69) is 12.2 Å². The summed E-state index contributed by atoms with van der Waals surface area (Å²) in [5, 5.41) is 13.7. The zero-order valence-corrected chi connectivity index (χ0v) is 10.8. The molecule has 0 saturated heterocycles. The molecule has 0 bridgehead atoms. The molecule has 0 aliphatic heterocycles. The average molecular weight is 254 g/mol. The number of anilines is 1. The first kappa shape index (κ1) is 14.4. The third kappa shape index (κ3) is 4.69. The van der Waals surface area contributed by atoms with Crippen molar-refractivity contribution in [1.82, 2.24) is 0 Å². The van der Waals surface area contributed by atoms with Gasteiger partial charge < -0.3 is 5.32 Å². The first-order valence-corrected chi connectivity index (χ1v) is 6.24. The van der Waals surface area contributed by atoms with Gasteiger partial charge in [-0.25, -0.2) is 4.39 Å². The van der Waals surface area contributed by atoms with Gasteiger partial charge in [0.2, 0.25) is 0 Å². The summed E-state index contributed by atoms with van der Waals surface area (Å²) in [6.45, 7) is 4.13. The summed E-state index contributed by atoms with van der Waals surface area (Å²) < 4.78 is 13.2. The van der Waals surface area contributed by atoms with Crippen LogP contribution in [0.15, 0.2) is 18.2 Å². The number of unbranched alkanes of at least 4 members (excludes halogenated alkanes) is 2. The second-order valence-corrected chi connectivity index (χ2v) is 4.50. The molecule has 0 aliphatic rings. The van der Waals surface area contributed by atoms with Gasteiger partial charge in [-0.2, -0.15) is 0 Å². The van der Waals surface area contributed by atoms with Crippen molar-refractivity contribution in [2.24, 2.45) is 0 Å². The van der Waals surface area contributed by atoms with Crippen molar-refractivity contribution in [3.63, 3.8) is 0 Å². The third-order valence-corrected chi connectivity index (χ3v) is 2.75. The van der Waals surface area contributed by atoms with E-state index in [0.29, 0.717) is 5.69 Å². The fourth-order valence-electron chi connectivity index (χ4n) is 1.82. The molecular formula is C13H19FN2O2. The maximum Gasteiger partial charge on any atom is 0.274 e. The van der Waals surface area contributed by atoms with Crippen LogP contribution in [0.25, 0.3) is 0 Å². The highest BCUT2D eigenvalue weighted by molar-refractivity contribution is 5.52. The van der Waals surface area contributed by atoms with Crippen molar-refractivity contribution in [3.05, 3.63) is 34.1 Å². The van der Waals surface area contributed by atoms with E-state index in [-0.39, 0.29) is 11.7 Å². The van der Waals surface area contributed by atoms with Crippen molar-refractivity contribution in [2.75, 3.05) is 5.32 Å². The number of rotatable bonds is 7. The molecule has 1 N–H and O–H groups in total. The van der Waals surface area contributed by atoms with Gasteiger partial charge in [0, 0.05) is 17.8 Å². The molecular weight excluding hydrogens is 235 g/mol. The number of hydrogen-bond donors (Lipinski definition) is 1. The highest BCUT2D eigenvalue weighted by atomic mass is 19.1. The van der Waals surface area contributed by atoms with Gasteiger partial charge in [0.05, 0.1) is 11.0 Å². The van der Waals surface area contributed by atoms with E-state index in [0.717, 1.165) is 31.7 Å². The Morgan fingerprint density at radius 3 is 2.72 bits per heavy atom. The Morgan fingerprint density at radius 1 is 1.39 bits per heavy atom. The molecule has 5 heteroatoms. The number of nitro groups is 1. The highest BCUT2D eigenvalue weighted by Gasteiger charge is 2.11. The minimum atomic E-state index is -0.590. The van der Waals surface area contributed by atoms with Crippen LogP contribution >= 0.6 is 0 Å². The SMILES string of the molecule is CCCCCC(C)Nc1cc(F)cc([N+](=O)[O-])c1. The smallest absolute Gasteiger partial charge is 0.274 e. The molecule has 0 spiro atoms. The molecule has 4 nitrogen and oxygen atoms in total. The summed E-state index contributed by atoms with van der Waals surface area (Å²) in [5.41, 5.74) is 0.240. The Balaban J connectivity index is 2.63. The standard InChI is InChI=1S/C13H19FN2O2/c1-3-4-5-6-10(2)15-12-7-11(14)8-13(9-12)16(17)18/h7-10,15H,3-6H2,1-2H3. The van der Waals surface area contributed by atoms with Gasteiger partial charge in [-0.05, 0) is 19.4 Å². The number of nitrogens with one attached hydrogen (secondary N) is 1. The van der Waals surface area contributed by atoms with Crippen LogP contribution in [0.1, 0.15) is 39.5 Å². The summed E-state index contributed by atoms with van der Waals surface area (Å²) in [5.74, 6) is -0.590. The third-order valence-electron chi connectivity index (χ3n) is 2.75. The number of hydrogen-bond acceptors (Lipinski definition) is 3. The zero-order valence-electron chi connectivity index (χ0n) is 10.8. The maximum absolute atomic E-state index is 13.2. The molecule has 0 fully saturated rings. The molecule has 0 amide bonds. The van der Waals surface area contributed by atoms with Crippen LogP contribution in [0.4, 0.5) is 15.8 Å². The largest absolute Gasteiger partial charge is 0.382 e. The van der Waals surface area contributed by atoms with E-state index in [1.807, 2.05) is 6.92 Å². The number of non-ortho nitro benzene ring substituents is 1. The normalized spacial score (nSPS) is 12.2. The molecule has 0 heterocycles. The average Bonchev–Trinajstić information content (AvgIpc) is 2.28. The zero-order chi connectivity index (χ0) is 13.5. The second-order valence-electron chi connectivity index (χ2n) is 4.50. The lowest BCUT2D eigenvalue weighted by atomic mass is 10.1. The van der Waals surface area contributed by atoms with Crippen LogP contribution in [0.2, 0.25) is 0 Å². The van der Waals surface area contributed by atoms with Gasteiger partial charge in [-0.3, -0.25) is 10.1 Å². The van der Waals surface area contributed by atoms with Crippen LogP contribution in [0, 0.1) is 15.9 Å². The number of halogens is 1. The molecule has 0 aromatic heterocycles. The first-order valence-electron chi connectivity index (χ1n) is 6.24. The molecule has 1 rings (SSSR count). The Morgan fingerprint density at radius 2 is 2.11 bits per heavy atom. The second kappa shape index (κ2) is 6.93. The van der Waals surface area contributed by atoms with Crippen LogP contribution < -0.4 is 5.32 Å². The predicted octanol–water partition coefficient (Wildman–Crippen LogP) is 4.11. The fourth-order valence-corrected chi connectivity index (χ4v) is 1.82. The quantitative estimate of drug-likeness (QED) is 0.452. The Labute approximate surface area is 106 Å². The summed E-state index contributed by atoms with van der Waals surface area (Å²) in [7, 11) is 0.